The van der Waals surface area contributed by atoms with Crippen molar-refractivity contribution in [2.24, 2.45) is 16.7 Å². The normalized spacial score (nSPS) is 37.1. The number of rotatable bonds is 10. The van der Waals surface area contributed by atoms with Crippen LogP contribution in [-0.2, 0) is 25.5 Å². The van der Waals surface area contributed by atoms with Crippen LogP contribution in [0.3, 0.4) is 0 Å². The predicted octanol–water partition coefficient (Wildman–Crippen LogP) is 2.92. The summed E-state index contributed by atoms with van der Waals surface area (Å²) in [5.41, 5.74) is -6.56. The molecular formula is C34H50N2O9. The van der Waals surface area contributed by atoms with Crippen LogP contribution in [0.25, 0.3) is 0 Å². The molecule has 2 amide bonds. The van der Waals surface area contributed by atoms with Crippen molar-refractivity contribution >= 4 is 17.8 Å². The monoisotopic (exact) mass is 630 g/mol. The standard InChI is InChI=1S/C34H50N2O9/c1-7-31(4)20-24(39)34(43)32(5)23(38)16-17-30(2,3)27(32)26(41)28(33(34,6)45-31)44-29(42)36-19-9-8-18-35-25(40)15-12-21-10-13-22(37)14-11-21/h7,10-11,13-14,23,26-28,37-38,41,43H,1,8-9,12,15-20H2,2-6H3,(H,35,40)(H,36,42)/t23-,26-,27-,28-,31-,32-,33+,34-/m0/s1. The molecule has 11 heteroatoms. The average Bonchev–Trinajstić information content (AvgIpc) is 2.97. The fourth-order valence-corrected chi connectivity index (χ4v) is 8.31. The van der Waals surface area contributed by atoms with E-state index in [-0.39, 0.29) is 24.6 Å². The zero-order valence-electron chi connectivity index (χ0n) is 27.1. The molecule has 3 fully saturated rings. The number of ether oxygens (including phenoxy) is 2. The number of hydrogen-bond acceptors (Lipinski definition) is 9. The van der Waals surface area contributed by atoms with Gasteiger partial charge in [0, 0.05) is 37.3 Å². The number of aromatic hydroxyl groups is 1. The van der Waals surface area contributed by atoms with Gasteiger partial charge in [-0.1, -0.05) is 39.0 Å². The fraction of sp³-hybridized carbons (Fsp3) is 0.676. The summed E-state index contributed by atoms with van der Waals surface area (Å²) >= 11 is 0. The Morgan fingerprint density at radius 2 is 1.69 bits per heavy atom. The molecule has 0 aromatic heterocycles. The lowest BCUT2D eigenvalue weighted by Crippen LogP contribution is -2.86. The fourth-order valence-electron chi connectivity index (χ4n) is 8.31. The number of carbonyl (C=O) groups excluding carboxylic acids is 3. The van der Waals surface area contributed by atoms with Crippen molar-refractivity contribution in [3.63, 3.8) is 0 Å². The van der Waals surface area contributed by atoms with Gasteiger partial charge in [-0.3, -0.25) is 9.59 Å². The number of amides is 2. The summed E-state index contributed by atoms with van der Waals surface area (Å²) in [6, 6.07) is 6.71. The highest BCUT2D eigenvalue weighted by Crippen LogP contribution is 2.67. The van der Waals surface area contributed by atoms with E-state index in [1.807, 2.05) is 13.8 Å². The molecule has 1 saturated heterocycles. The van der Waals surface area contributed by atoms with E-state index >= 15 is 0 Å². The highest BCUT2D eigenvalue weighted by molar-refractivity contribution is 5.92. The third-order valence-electron chi connectivity index (χ3n) is 10.7. The number of benzene rings is 1. The lowest BCUT2D eigenvalue weighted by molar-refractivity contribution is -0.369. The molecule has 11 nitrogen and oxygen atoms in total. The van der Waals surface area contributed by atoms with Crippen LogP contribution in [0.4, 0.5) is 4.79 Å². The van der Waals surface area contributed by atoms with Gasteiger partial charge in [0.25, 0.3) is 0 Å². The molecule has 1 heterocycles. The molecule has 0 unspecified atom stereocenters. The van der Waals surface area contributed by atoms with E-state index in [2.05, 4.69) is 17.2 Å². The van der Waals surface area contributed by atoms with E-state index in [4.69, 9.17) is 9.47 Å². The molecule has 0 spiro atoms. The molecule has 3 aliphatic rings. The van der Waals surface area contributed by atoms with E-state index in [1.54, 1.807) is 38.1 Å². The number of fused-ring (bicyclic) bond motifs is 3. The maximum absolute atomic E-state index is 14.0. The number of carbonyl (C=O) groups is 3. The van der Waals surface area contributed by atoms with Crippen LogP contribution in [0.15, 0.2) is 36.9 Å². The number of alkyl carbamates (subject to hydrolysis) is 1. The topological polar surface area (TPSA) is 175 Å². The average molecular weight is 631 g/mol. The number of ketones is 1. The highest BCUT2D eigenvalue weighted by Gasteiger charge is 2.81. The molecular weight excluding hydrogens is 580 g/mol. The van der Waals surface area contributed by atoms with Gasteiger partial charge >= 0.3 is 6.09 Å². The second-order valence-corrected chi connectivity index (χ2v) is 14.3. The SMILES string of the molecule is C=C[C@@]1(C)CC(=O)[C@]2(O)[C@@]3(C)[C@@H](O)CCC(C)(C)[C@@H]3[C@H](O)[C@H](OC(=O)NCCCCNC(=O)CCc3ccc(O)cc3)[C@@]2(C)O1. The van der Waals surface area contributed by atoms with Gasteiger partial charge in [-0.15, -0.1) is 6.58 Å². The molecule has 45 heavy (non-hydrogen) atoms. The van der Waals surface area contributed by atoms with E-state index in [9.17, 15) is 34.8 Å². The van der Waals surface area contributed by atoms with Crippen molar-refractivity contribution in [3.8, 4) is 5.75 Å². The zero-order valence-corrected chi connectivity index (χ0v) is 27.1. The Bertz CT molecular complexity index is 1280. The third-order valence-corrected chi connectivity index (χ3v) is 10.7. The minimum Gasteiger partial charge on any atom is -0.508 e. The second-order valence-electron chi connectivity index (χ2n) is 14.3. The van der Waals surface area contributed by atoms with Crippen molar-refractivity contribution in [2.75, 3.05) is 13.1 Å². The molecule has 4 rings (SSSR count). The van der Waals surface area contributed by atoms with Crippen molar-refractivity contribution in [1.82, 2.24) is 10.6 Å². The first-order valence-electron chi connectivity index (χ1n) is 15.9. The minimum absolute atomic E-state index is 0.0984. The molecule has 0 bridgehead atoms. The molecule has 6 N–H and O–H groups in total. The molecule has 1 aliphatic heterocycles. The Morgan fingerprint density at radius 3 is 2.31 bits per heavy atom. The van der Waals surface area contributed by atoms with Gasteiger partial charge in [-0.05, 0) is 69.1 Å². The van der Waals surface area contributed by atoms with Crippen LogP contribution in [0.2, 0.25) is 0 Å². The van der Waals surface area contributed by atoms with Gasteiger partial charge in [-0.2, -0.15) is 0 Å². The molecule has 2 saturated carbocycles. The summed E-state index contributed by atoms with van der Waals surface area (Å²) in [6.07, 6.45) is -0.659. The Balaban J connectivity index is 1.40. The Hall–Kier alpha value is -2.99. The van der Waals surface area contributed by atoms with E-state index in [0.29, 0.717) is 45.1 Å². The first-order chi connectivity index (χ1) is 20.9. The number of Topliss-reactive ketones (excluding diaryl/α,β-unsaturated/α-hetero) is 1. The lowest BCUT2D eigenvalue weighted by Gasteiger charge is -2.71. The van der Waals surface area contributed by atoms with Gasteiger partial charge in [0.1, 0.15) is 11.4 Å². The van der Waals surface area contributed by atoms with Gasteiger partial charge in [0.05, 0.1) is 17.8 Å². The van der Waals surface area contributed by atoms with Gasteiger partial charge in [0.15, 0.2) is 17.5 Å². The van der Waals surface area contributed by atoms with Crippen LogP contribution in [0.5, 0.6) is 5.75 Å². The van der Waals surface area contributed by atoms with Crippen molar-refractivity contribution < 1.29 is 44.3 Å². The zero-order chi connectivity index (χ0) is 33.4. The molecule has 1 aromatic carbocycles. The number of aliphatic hydroxyl groups excluding tert-OH is 2. The first-order valence-corrected chi connectivity index (χ1v) is 15.9. The quantitative estimate of drug-likeness (QED) is 0.168. The van der Waals surface area contributed by atoms with Crippen LogP contribution >= 0.6 is 0 Å². The summed E-state index contributed by atoms with van der Waals surface area (Å²) in [5, 5.41) is 50.7. The van der Waals surface area contributed by atoms with Crippen molar-refractivity contribution in [1.29, 1.82) is 0 Å². The molecule has 1 aromatic rings. The van der Waals surface area contributed by atoms with Crippen molar-refractivity contribution in [2.45, 2.75) is 115 Å². The summed E-state index contributed by atoms with van der Waals surface area (Å²) in [4.78, 5) is 39.3. The molecule has 250 valence electrons. The minimum atomic E-state index is -2.28. The number of phenolic OH excluding ortho intramolecular Hbond substituents is 1. The van der Waals surface area contributed by atoms with Crippen LogP contribution in [0, 0.1) is 16.7 Å². The predicted molar refractivity (Wildman–Crippen MR) is 166 cm³/mol. The van der Waals surface area contributed by atoms with Crippen molar-refractivity contribution in [3.05, 3.63) is 42.5 Å². The first kappa shape index (κ1) is 34.9. The largest absolute Gasteiger partial charge is 0.508 e. The Labute approximate surface area is 265 Å². The number of aliphatic hydroxyl groups is 3. The van der Waals surface area contributed by atoms with Crippen LogP contribution in [0.1, 0.15) is 78.7 Å². The number of aryl methyl sites for hydroxylation is 1. The van der Waals surface area contributed by atoms with Crippen LogP contribution in [-0.4, -0.2) is 86.4 Å². The lowest BCUT2D eigenvalue weighted by atomic mass is 9.40. The maximum Gasteiger partial charge on any atom is 0.407 e. The number of phenols is 1. The van der Waals surface area contributed by atoms with E-state index in [1.165, 1.54) is 13.0 Å². The third kappa shape index (κ3) is 6.12. The number of nitrogens with one attached hydrogen (secondary N) is 2. The second kappa shape index (κ2) is 12.7. The highest BCUT2D eigenvalue weighted by atomic mass is 16.6. The Kier molecular flexibility index (Phi) is 9.81. The van der Waals surface area contributed by atoms with Gasteiger partial charge in [-0.25, -0.2) is 4.79 Å². The smallest absolute Gasteiger partial charge is 0.407 e. The maximum atomic E-state index is 14.0. The summed E-state index contributed by atoms with van der Waals surface area (Å²) in [6.45, 7) is 13.0. The Morgan fingerprint density at radius 1 is 1.07 bits per heavy atom. The van der Waals surface area contributed by atoms with Gasteiger partial charge < -0.3 is 40.5 Å². The van der Waals surface area contributed by atoms with E-state index < -0.39 is 63.7 Å². The molecule has 8 atom stereocenters. The summed E-state index contributed by atoms with van der Waals surface area (Å²) in [7, 11) is 0. The summed E-state index contributed by atoms with van der Waals surface area (Å²) in [5.74, 6) is -1.29. The summed E-state index contributed by atoms with van der Waals surface area (Å²) < 4.78 is 12.3. The van der Waals surface area contributed by atoms with E-state index in [0.717, 1.165) is 5.56 Å². The molecule has 0 radical (unpaired) electrons. The molecule has 2 aliphatic carbocycles. The number of unbranched alkanes of at least 4 members (excludes halogenated alkanes) is 1. The van der Waals surface area contributed by atoms with Gasteiger partial charge in [0.2, 0.25) is 5.91 Å². The number of hydrogen-bond donors (Lipinski definition) is 6. The van der Waals surface area contributed by atoms with Crippen LogP contribution < -0.4 is 10.6 Å².